The van der Waals surface area contributed by atoms with Crippen LogP contribution in [0.5, 0.6) is 5.75 Å². The lowest BCUT2D eigenvalue weighted by Gasteiger charge is -2.42. The van der Waals surface area contributed by atoms with Crippen LogP contribution in [0.3, 0.4) is 0 Å². The molecule has 0 saturated carbocycles. The van der Waals surface area contributed by atoms with E-state index in [1.807, 2.05) is 13.8 Å². The van der Waals surface area contributed by atoms with Gasteiger partial charge < -0.3 is 19.5 Å². The van der Waals surface area contributed by atoms with Gasteiger partial charge in [-0.25, -0.2) is 14.0 Å². The van der Waals surface area contributed by atoms with E-state index in [1.54, 1.807) is 6.07 Å². The third kappa shape index (κ3) is 4.76. The van der Waals surface area contributed by atoms with E-state index < -0.39 is 28.8 Å². The van der Waals surface area contributed by atoms with Crippen LogP contribution >= 0.6 is 0 Å². The number of hydrogen-bond acceptors (Lipinski definition) is 5. The topological polar surface area (TPSA) is 76.1 Å². The molecule has 3 rings (SSSR count). The number of rotatable bonds is 8. The van der Waals surface area contributed by atoms with E-state index in [9.17, 15) is 14.0 Å². The van der Waals surface area contributed by atoms with E-state index in [-0.39, 0.29) is 5.75 Å². The second kappa shape index (κ2) is 9.39. The summed E-state index contributed by atoms with van der Waals surface area (Å²) in [5.41, 5.74) is -0.191. The van der Waals surface area contributed by atoms with E-state index in [0.29, 0.717) is 18.4 Å². The van der Waals surface area contributed by atoms with Crippen molar-refractivity contribution >= 4 is 11.9 Å². The summed E-state index contributed by atoms with van der Waals surface area (Å²) in [6.45, 7) is 6.99. The van der Waals surface area contributed by atoms with E-state index >= 15 is 0 Å². The van der Waals surface area contributed by atoms with Gasteiger partial charge in [0.15, 0.2) is 11.6 Å². The van der Waals surface area contributed by atoms with Crippen molar-refractivity contribution in [3.63, 3.8) is 0 Å². The van der Waals surface area contributed by atoms with Crippen LogP contribution in [0.2, 0.25) is 0 Å². The third-order valence-electron chi connectivity index (χ3n) is 6.62. The molecule has 1 aliphatic heterocycles. The Hall–Kier alpha value is -2.41. The van der Waals surface area contributed by atoms with Crippen LogP contribution in [0, 0.1) is 11.2 Å². The minimum Gasteiger partial charge on any atom is -0.493 e. The normalized spacial score (nSPS) is 23.0. The Bertz CT molecular complexity index is 860. The van der Waals surface area contributed by atoms with Crippen molar-refractivity contribution in [3.8, 4) is 5.75 Å². The minimum atomic E-state index is -1.23. The van der Waals surface area contributed by atoms with Gasteiger partial charge >= 0.3 is 11.9 Å². The highest BCUT2D eigenvalue weighted by molar-refractivity contribution is 5.91. The predicted molar refractivity (Wildman–Crippen MR) is 115 cm³/mol. The molecule has 170 valence electrons. The predicted octanol–water partition coefficient (Wildman–Crippen LogP) is 4.06. The lowest BCUT2D eigenvalue weighted by Crippen LogP contribution is -2.44. The van der Waals surface area contributed by atoms with Crippen molar-refractivity contribution in [1.29, 1.82) is 0 Å². The summed E-state index contributed by atoms with van der Waals surface area (Å²) in [5, 5.41) is 8.88. The Balaban J connectivity index is 1.97. The van der Waals surface area contributed by atoms with Crippen LogP contribution in [0.25, 0.3) is 0 Å². The first-order valence-corrected chi connectivity index (χ1v) is 10.9. The average molecular weight is 434 g/mol. The van der Waals surface area contributed by atoms with Crippen LogP contribution in [0.4, 0.5) is 4.39 Å². The standard InChI is InChI=1S/C24H32FNO5/c1-23(2)16-17-8-9-18(25)22(30-3)21(17)24(23,31-20(29)11-10-19(27)28)12-7-15-26-13-5-4-6-14-26/h8-11H,4-7,12-16H2,1-3H3,(H,27,28). The van der Waals surface area contributed by atoms with Gasteiger partial charge in [-0.2, -0.15) is 0 Å². The van der Waals surface area contributed by atoms with Crippen molar-refractivity contribution < 1.29 is 28.6 Å². The fourth-order valence-corrected chi connectivity index (χ4v) is 5.13. The fourth-order valence-electron chi connectivity index (χ4n) is 5.13. The summed E-state index contributed by atoms with van der Waals surface area (Å²) < 4.78 is 26.1. The number of carbonyl (C=O) groups is 2. The molecular formula is C24H32FNO5. The summed E-state index contributed by atoms with van der Waals surface area (Å²) >= 11 is 0. The van der Waals surface area contributed by atoms with Gasteiger partial charge in [0.2, 0.25) is 0 Å². The van der Waals surface area contributed by atoms with Crippen LogP contribution in [0.15, 0.2) is 24.3 Å². The molecule has 2 aliphatic rings. The van der Waals surface area contributed by atoms with Crippen molar-refractivity contribution in [1.82, 2.24) is 4.90 Å². The van der Waals surface area contributed by atoms with Crippen LogP contribution in [-0.2, 0) is 26.3 Å². The Kier molecular flexibility index (Phi) is 7.04. The molecule has 1 N–H and O–H groups in total. The average Bonchev–Trinajstić information content (AvgIpc) is 2.94. The molecule has 1 atom stereocenters. The molecule has 0 spiro atoms. The van der Waals surface area contributed by atoms with Crippen molar-refractivity contribution in [2.45, 2.75) is 58.0 Å². The Morgan fingerprint density at radius 1 is 1.19 bits per heavy atom. The van der Waals surface area contributed by atoms with Crippen molar-refractivity contribution in [2.24, 2.45) is 5.41 Å². The number of carboxylic acids is 1. The zero-order valence-electron chi connectivity index (χ0n) is 18.6. The van der Waals surface area contributed by atoms with Gasteiger partial charge in [-0.1, -0.05) is 26.3 Å². The molecule has 1 aromatic carbocycles. The molecule has 1 aromatic rings. The number of piperidine rings is 1. The van der Waals surface area contributed by atoms with Crippen LogP contribution in [0.1, 0.15) is 57.1 Å². The Labute approximate surface area is 183 Å². The second-order valence-corrected chi connectivity index (χ2v) is 9.10. The number of carbonyl (C=O) groups excluding carboxylic acids is 1. The summed E-state index contributed by atoms with van der Waals surface area (Å²) in [7, 11) is 1.41. The number of esters is 1. The van der Waals surface area contributed by atoms with E-state index in [2.05, 4.69) is 4.90 Å². The molecule has 0 aromatic heterocycles. The first-order valence-electron chi connectivity index (χ1n) is 10.9. The number of nitrogens with zero attached hydrogens (tertiary/aromatic N) is 1. The number of likely N-dealkylation sites (tertiary alicyclic amines) is 1. The highest BCUT2D eigenvalue weighted by Gasteiger charge is 2.57. The molecule has 0 bridgehead atoms. The highest BCUT2D eigenvalue weighted by Crippen LogP contribution is 2.58. The SMILES string of the molecule is COc1c(F)ccc2c1C(CCCN1CCCCC1)(OC(=O)C=CC(=O)O)C(C)(C)C2. The first-order chi connectivity index (χ1) is 14.7. The number of carboxylic acid groups (broad SMARTS) is 1. The maximum Gasteiger partial charge on any atom is 0.331 e. The van der Waals surface area contributed by atoms with Gasteiger partial charge in [-0.3, -0.25) is 0 Å². The zero-order valence-corrected chi connectivity index (χ0v) is 18.6. The zero-order chi connectivity index (χ0) is 22.6. The Morgan fingerprint density at radius 2 is 1.90 bits per heavy atom. The molecule has 1 saturated heterocycles. The smallest absolute Gasteiger partial charge is 0.331 e. The molecule has 1 fully saturated rings. The van der Waals surface area contributed by atoms with Crippen molar-refractivity contribution in [3.05, 3.63) is 41.2 Å². The number of ether oxygens (including phenoxy) is 2. The molecule has 0 amide bonds. The number of benzene rings is 1. The van der Waals surface area contributed by atoms with E-state index in [1.165, 1.54) is 32.4 Å². The summed E-state index contributed by atoms with van der Waals surface area (Å²) in [6, 6.07) is 3.10. The van der Waals surface area contributed by atoms with E-state index in [0.717, 1.165) is 43.8 Å². The highest BCUT2D eigenvalue weighted by atomic mass is 19.1. The summed E-state index contributed by atoms with van der Waals surface area (Å²) in [4.78, 5) is 25.9. The van der Waals surface area contributed by atoms with Gasteiger partial charge in [0.1, 0.15) is 5.60 Å². The lowest BCUT2D eigenvalue weighted by molar-refractivity contribution is -0.171. The third-order valence-corrected chi connectivity index (χ3v) is 6.62. The van der Waals surface area contributed by atoms with E-state index in [4.69, 9.17) is 14.6 Å². The monoisotopic (exact) mass is 433 g/mol. The molecule has 7 heteroatoms. The summed E-state index contributed by atoms with van der Waals surface area (Å²) in [5.74, 6) is -2.40. The molecule has 0 radical (unpaired) electrons. The fraction of sp³-hybridized carbons (Fsp3) is 0.583. The summed E-state index contributed by atoms with van der Waals surface area (Å²) in [6.07, 6.45) is 7.16. The molecule has 31 heavy (non-hydrogen) atoms. The number of fused-ring (bicyclic) bond motifs is 1. The lowest BCUT2D eigenvalue weighted by atomic mass is 9.72. The van der Waals surface area contributed by atoms with Gasteiger partial charge in [0.25, 0.3) is 0 Å². The molecule has 1 heterocycles. The van der Waals surface area contributed by atoms with Gasteiger partial charge in [-0.05, 0) is 63.4 Å². The quantitative estimate of drug-likeness (QED) is 0.492. The Morgan fingerprint density at radius 3 is 2.55 bits per heavy atom. The van der Waals surface area contributed by atoms with Gasteiger partial charge in [0, 0.05) is 23.1 Å². The van der Waals surface area contributed by atoms with Crippen molar-refractivity contribution in [2.75, 3.05) is 26.7 Å². The first kappa shape index (κ1) is 23.3. The van der Waals surface area contributed by atoms with Gasteiger partial charge in [-0.15, -0.1) is 0 Å². The maximum atomic E-state index is 14.7. The minimum absolute atomic E-state index is 0.0936. The van der Waals surface area contributed by atoms with Crippen LogP contribution in [-0.4, -0.2) is 48.7 Å². The number of hydrogen-bond donors (Lipinski definition) is 1. The second-order valence-electron chi connectivity index (χ2n) is 9.10. The number of aliphatic carboxylic acids is 1. The van der Waals surface area contributed by atoms with Gasteiger partial charge in [0.05, 0.1) is 7.11 Å². The molecule has 1 aliphatic carbocycles. The maximum absolute atomic E-state index is 14.7. The largest absolute Gasteiger partial charge is 0.493 e. The molecule has 6 nitrogen and oxygen atoms in total. The number of halogens is 1. The molecule has 1 unspecified atom stereocenters. The number of methoxy groups -OCH3 is 1. The molecular weight excluding hydrogens is 401 g/mol. The van der Waals surface area contributed by atoms with Crippen LogP contribution < -0.4 is 4.74 Å².